The van der Waals surface area contributed by atoms with Gasteiger partial charge in [0, 0.05) is 44.1 Å². The molecule has 0 unspecified atom stereocenters. The number of nitro benzene ring substituents is 1. The number of imide groups is 1. The van der Waals surface area contributed by atoms with Crippen molar-refractivity contribution >= 4 is 28.8 Å². The summed E-state index contributed by atoms with van der Waals surface area (Å²) in [5.41, 5.74) is 1.08. The van der Waals surface area contributed by atoms with E-state index in [1.807, 2.05) is 0 Å². The van der Waals surface area contributed by atoms with Crippen LogP contribution in [0.1, 0.15) is 12.0 Å². The second kappa shape index (κ2) is 8.44. The van der Waals surface area contributed by atoms with Crippen LogP contribution in [0.15, 0.2) is 48.2 Å². The maximum Gasteiger partial charge on any atom is 0.278 e. The number of amides is 2. The molecule has 4 rings (SSSR count). The van der Waals surface area contributed by atoms with E-state index >= 15 is 0 Å². The van der Waals surface area contributed by atoms with Gasteiger partial charge in [-0.05, 0) is 36.2 Å². The van der Waals surface area contributed by atoms with Gasteiger partial charge < -0.3 is 19.5 Å². The Bertz CT molecular complexity index is 1080. The van der Waals surface area contributed by atoms with Gasteiger partial charge in [-0.2, -0.15) is 0 Å². The number of anilines is 1. The average molecular weight is 425 g/mol. The zero-order valence-electron chi connectivity index (χ0n) is 16.6. The number of non-ortho nitro benzene ring substituents is 1. The molecule has 160 valence electrons. The number of carbonyl (C=O) groups is 2. The molecular formula is C21H19N3O7. The maximum atomic E-state index is 13.1. The van der Waals surface area contributed by atoms with Crippen LogP contribution < -0.4 is 14.8 Å². The van der Waals surface area contributed by atoms with Crippen molar-refractivity contribution in [1.82, 2.24) is 4.90 Å². The van der Waals surface area contributed by atoms with Crippen molar-refractivity contribution in [3.05, 3.63) is 63.8 Å². The van der Waals surface area contributed by atoms with Gasteiger partial charge in [-0.1, -0.05) is 0 Å². The summed E-state index contributed by atoms with van der Waals surface area (Å²) in [5.74, 6) is 0.159. The highest BCUT2D eigenvalue weighted by Gasteiger charge is 2.39. The Kier molecular flexibility index (Phi) is 5.54. The molecule has 10 heteroatoms. The normalized spacial score (nSPS) is 15.1. The van der Waals surface area contributed by atoms with E-state index < -0.39 is 16.7 Å². The lowest BCUT2D eigenvalue weighted by Crippen LogP contribution is -2.33. The highest BCUT2D eigenvalue weighted by Crippen LogP contribution is 2.36. The summed E-state index contributed by atoms with van der Waals surface area (Å²) in [6.07, 6.45) is 0.485. The van der Waals surface area contributed by atoms with E-state index in [4.69, 9.17) is 14.2 Å². The number of ether oxygens (including phenoxy) is 3. The molecule has 0 aromatic heterocycles. The van der Waals surface area contributed by atoms with Crippen LogP contribution >= 0.6 is 0 Å². The minimum atomic E-state index is -0.525. The molecule has 0 saturated carbocycles. The standard InChI is InChI=1S/C21H19N3O7/c1-29-10-2-9-23-20(25)18(13-3-6-15(7-4-13)24(27)28)19(21(23)26)22-14-5-8-16-17(11-14)31-12-30-16/h3-8,11,22H,2,9-10,12H2,1H3. The number of nitrogens with zero attached hydrogens (tertiary/aromatic N) is 2. The van der Waals surface area contributed by atoms with Gasteiger partial charge in [-0.15, -0.1) is 0 Å². The number of nitro groups is 1. The summed E-state index contributed by atoms with van der Waals surface area (Å²) in [5, 5.41) is 14.0. The molecule has 0 bridgehead atoms. The average Bonchev–Trinajstić information content (AvgIpc) is 3.32. The van der Waals surface area contributed by atoms with Crippen molar-refractivity contribution in [2.75, 3.05) is 32.4 Å². The smallest absolute Gasteiger partial charge is 0.278 e. The molecule has 0 saturated heterocycles. The molecule has 0 radical (unpaired) electrons. The summed E-state index contributed by atoms with van der Waals surface area (Å²) in [6, 6.07) is 10.6. The van der Waals surface area contributed by atoms with Crippen LogP contribution in [0.4, 0.5) is 11.4 Å². The first-order chi connectivity index (χ1) is 15.0. The van der Waals surface area contributed by atoms with Gasteiger partial charge in [-0.3, -0.25) is 24.6 Å². The van der Waals surface area contributed by atoms with Crippen LogP contribution in [0.2, 0.25) is 0 Å². The van der Waals surface area contributed by atoms with Crippen molar-refractivity contribution < 1.29 is 28.7 Å². The van der Waals surface area contributed by atoms with Crippen LogP contribution in [-0.4, -0.2) is 48.7 Å². The Balaban J connectivity index is 1.70. The first kappa shape index (κ1) is 20.4. The molecule has 2 amide bonds. The van der Waals surface area contributed by atoms with Crippen molar-refractivity contribution in [2.24, 2.45) is 0 Å². The minimum Gasteiger partial charge on any atom is -0.454 e. The van der Waals surface area contributed by atoms with Gasteiger partial charge in [0.05, 0.1) is 10.5 Å². The predicted octanol–water partition coefficient (Wildman–Crippen LogP) is 2.55. The van der Waals surface area contributed by atoms with Crippen molar-refractivity contribution in [1.29, 1.82) is 0 Å². The van der Waals surface area contributed by atoms with Crippen LogP contribution in [0, 0.1) is 10.1 Å². The molecule has 2 aliphatic rings. The Hall–Kier alpha value is -3.92. The molecule has 2 aliphatic heterocycles. The lowest BCUT2D eigenvalue weighted by atomic mass is 10.0. The Morgan fingerprint density at radius 2 is 1.84 bits per heavy atom. The monoisotopic (exact) mass is 425 g/mol. The highest BCUT2D eigenvalue weighted by molar-refractivity contribution is 6.36. The molecule has 10 nitrogen and oxygen atoms in total. The third-order valence-corrected chi connectivity index (χ3v) is 4.91. The van der Waals surface area contributed by atoms with Gasteiger partial charge in [0.25, 0.3) is 17.5 Å². The van der Waals surface area contributed by atoms with Crippen LogP contribution in [-0.2, 0) is 14.3 Å². The van der Waals surface area contributed by atoms with E-state index in [1.165, 1.54) is 24.3 Å². The number of methoxy groups -OCH3 is 1. The van der Waals surface area contributed by atoms with Crippen LogP contribution in [0.3, 0.4) is 0 Å². The van der Waals surface area contributed by atoms with Gasteiger partial charge in [-0.25, -0.2) is 0 Å². The number of carbonyl (C=O) groups excluding carboxylic acids is 2. The fourth-order valence-corrected chi connectivity index (χ4v) is 3.40. The van der Waals surface area contributed by atoms with Gasteiger partial charge in [0.2, 0.25) is 6.79 Å². The van der Waals surface area contributed by atoms with Crippen LogP contribution in [0.25, 0.3) is 5.57 Å². The lowest BCUT2D eigenvalue weighted by molar-refractivity contribution is -0.384. The van der Waals surface area contributed by atoms with E-state index in [0.29, 0.717) is 35.8 Å². The van der Waals surface area contributed by atoms with Crippen molar-refractivity contribution in [3.63, 3.8) is 0 Å². The second-order valence-corrected chi connectivity index (χ2v) is 6.86. The first-order valence-electron chi connectivity index (χ1n) is 9.50. The molecule has 2 aromatic rings. The number of fused-ring (bicyclic) bond motifs is 1. The molecule has 31 heavy (non-hydrogen) atoms. The first-order valence-corrected chi connectivity index (χ1v) is 9.50. The Labute approximate surface area is 177 Å². The molecule has 2 heterocycles. The van der Waals surface area contributed by atoms with E-state index in [9.17, 15) is 19.7 Å². The largest absolute Gasteiger partial charge is 0.454 e. The molecule has 2 aromatic carbocycles. The lowest BCUT2D eigenvalue weighted by Gasteiger charge is -2.15. The van der Waals surface area contributed by atoms with E-state index in [2.05, 4.69) is 5.32 Å². The topological polar surface area (TPSA) is 120 Å². The third kappa shape index (κ3) is 3.92. The zero-order chi connectivity index (χ0) is 22.0. The molecule has 0 aliphatic carbocycles. The molecule has 0 fully saturated rings. The number of nitrogens with one attached hydrogen (secondary N) is 1. The molecule has 0 spiro atoms. The summed E-state index contributed by atoms with van der Waals surface area (Å²) in [7, 11) is 1.54. The fourth-order valence-electron chi connectivity index (χ4n) is 3.40. The summed E-state index contributed by atoms with van der Waals surface area (Å²) in [6.45, 7) is 0.698. The molecule has 1 N–H and O–H groups in total. The number of benzene rings is 2. The molecular weight excluding hydrogens is 406 g/mol. The quantitative estimate of drug-likeness (QED) is 0.297. The Morgan fingerprint density at radius 1 is 1.10 bits per heavy atom. The van der Waals surface area contributed by atoms with Crippen molar-refractivity contribution in [2.45, 2.75) is 6.42 Å². The SMILES string of the molecule is COCCCN1C(=O)C(Nc2ccc3c(c2)OCO3)=C(c2ccc([N+](=O)[O-])cc2)C1=O. The van der Waals surface area contributed by atoms with Gasteiger partial charge in [0.15, 0.2) is 11.5 Å². The second-order valence-electron chi connectivity index (χ2n) is 6.86. The number of rotatable bonds is 8. The summed E-state index contributed by atoms with van der Waals surface area (Å²) >= 11 is 0. The van der Waals surface area contributed by atoms with E-state index in [-0.39, 0.29) is 30.3 Å². The number of hydrogen-bond donors (Lipinski definition) is 1. The van der Waals surface area contributed by atoms with E-state index in [1.54, 1.807) is 25.3 Å². The van der Waals surface area contributed by atoms with Gasteiger partial charge >= 0.3 is 0 Å². The third-order valence-electron chi connectivity index (χ3n) is 4.91. The Morgan fingerprint density at radius 3 is 2.55 bits per heavy atom. The minimum absolute atomic E-state index is 0.0927. The van der Waals surface area contributed by atoms with Gasteiger partial charge in [0.1, 0.15) is 5.70 Å². The fraction of sp³-hybridized carbons (Fsp3) is 0.238. The highest BCUT2D eigenvalue weighted by atomic mass is 16.7. The predicted molar refractivity (Wildman–Crippen MR) is 109 cm³/mol. The van der Waals surface area contributed by atoms with Crippen molar-refractivity contribution in [3.8, 4) is 11.5 Å². The van der Waals surface area contributed by atoms with Crippen LogP contribution in [0.5, 0.6) is 11.5 Å². The maximum absolute atomic E-state index is 13.1. The summed E-state index contributed by atoms with van der Waals surface area (Å²) in [4.78, 5) is 37.8. The zero-order valence-corrected chi connectivity index (χ0v) is 16.6. The van der Waals surface area contributed by atoms with E-state index in [0.717, 1.165) is 4.90 Å². The molecule has 0 atom stereocenters. The summed E-state index contributed by atoms with van der Waals surface area (Å²) < 4.78 is 15.7. The number of hydrogen-bond acceptors (Lipinski definition) is 8.